The van der Waals surface area contributed by atoms with E-state index in [4.69, 9.17) is 4.52 Å². The maximum Gasteiger partial charge on any atom is 0.224 e. The van der Waals surface area contributed by atoms with Crippen LogP contribution in [-0.4, -0.2) is 11.1 Å². The van der Waals surface area contributed by atoms with E-state index in [1.807, 2.05) is 42.5 Å². The maximum absolute atomic E-state index is 13.0. The van der Waals surface area contributed by atoms with Crippen molar-refractivity contribution in [1.82, 2.24) is 10.5 Å². The van der Waals surface area contributed by atoms with E-state index in [0.717, 1.165) is 22.3 Å². The maximum atomic E-state index is 13.0. The van der Waals surface area contributed by atoms with Crippen molar-refractivity contribution in [2.75, 3.05) is 0 Å². The molecule has 0 radical (unpaired) electrons. The van der Waals surface area contributed by atoms with Crippen LogP contribution in [0.4, 0.5) is 4.39 Å². The monoisotopic (exact) mass is 386 g/mol. The number of hydrogen-bond donors (Lipinski definition) is 1. The van der Waals surface area contributed by atoms with Crippen LogP contribution in [0, 0.1) is 5.82 Å². The summed E-state index contributed by atoms with van der Waals surface area (Å²) in [7, 11) is 0. The Morgan fingerprint density at radius 2 is 1.52 bits per heavy atom. The molecular weight excluding hydrogens is 367 g/mol. The smallest absolute Gasteiger partial charge is 0.224 e. The molecule has 1 amide bonds. The summed E-state index contributed by atoms with van der Waals surface area (Å²) in [6.45, 7) is 0.269. The first-order valence-corrected chi connectivity index (χ1v) is 9.30. The summed E-state index contributed by atoms with van der Waals surface area (Å²) >= 11 is 0. The van der Waals surface area contributed by atoms with Gasteiger partial charge in [0.1, 0.15) is 11.5 Å². The molecular formula is C24H19FN2O2. The number of hydrogen-bond acceptors (Lipinski definition) is 3. The summed E-state index contributed by atoms with van der Waals surface area (Å²) < 4.78 is 18.3. The third-order valence-electron chi connectivity index (χ3n) is 4.58. The van der Waals surface area contributed by atoms with Crippen molar-refractivity contribution >= 4 is 5.91 Å². The number of amides is 1. The number of nitrogens with zero attached hydrogens (tertiary/aromatic N) is 1. The molecule has 5 heteroatoms. The van der Waals surface area contributed by atoms with Gasteiger partial charge in [0.2, 0.25) is 5.91 Å². The van der Waals surface area contributed by atoms with Crippen LogP contribution < -0.4 is 5.32 Å². The molecule has 4 rings (SSSR count). The lowest BCUT2D eigenvalue weighted by Crippen LogP contribution is -2.24. The summed E-state index contributed by atoms with van der Waals surface area (Å²) in [5.74, 6) is 0.132. The zero-order valence-electron chi connectivity index (χ0n) is 15.6. The summed E-state index contributed by atoms with van der Waals surface area (Å²) in [5.41, 5.74) is 4.54. The fourth-order valence-corrected chi connectivity index (χ4v) is 3.03. The molecule has 0 saturated carbocycles. The van der Waals surface area contributed by atoms with Gasteiger partial charge in [0.05, 0.1) is 13.0 Å². The van der Waals surface area contributed by atoms with Gasteiger partial charge < -0.3 is 9.84 Å². The van der Waals surface area contributed by atoms with Crippen LogP contribution in [0.3, 0.4) is 0 Å². The minimum atomic E-state index is -0.308. The highest BCUT2D eigenvalue weighted by molar-refractivity contribution is 5.78. The second kappa shape index (κ2) is 8.52. The molecule has 0 aliphatic carbocycles. The summed E-state index contributed by atoms with van der Waals surface area (Å²) in [4.78, 5) is 12.2. The molecule has 144 valence electrons. The van der Waals surface area contributed by atoms with Crippen molar-refractivity contribution in [1.29, 1.82) is 0 Å². The topological polar surface area (TPSA) is 55.1 Å². The number of benzene rings is 3. The summed E-state index contributed by atoms with van der Waals surface area (Å²) in [6.07, 6.45) is 0.289. The lowest BCUT2D eigenvalue weighted by molar-refractivity contribution is -0.120. The van der Waals surface area contributed by atoms with Gasteiger partial charge in [0.15, 0.2) is 5.76 Å². The first-order valence-electron chi connectivity index (χ1n) is 9.30. The van der Waals surface area contributed by atoms with E-state index in [9.17, 15) is 9.18 Å². The second-order valence-corrected chi connectivity index (χ2v) is 6.71. The Labute approximate surface area is 168 Å². The highest BCUT2D eigenvalue weighted by Gasteiger charge is 2.09. The number of halogens is 1. The summed E-state index contributed by atoms with van der Waals surface area (Å²) in [6, 6.07) is 25.8. The highest BCUT2D eigenvalue weighted by atomic mass is 19.1. The molecule has 0 unspecified atom stereocenters. The third kappa shape index (κ3) is 4.76. The number of carbonyl (C=O) groups excluding carboxylic acids is 1. The van der Waals surface area contributed by atoms with Gasteiger partial charge in [-0.05, 0) is 41.0 Å². The SMILES string of the molecule is O=C(Cc1ccc(-c2ccccc2)cc1)NCc1cc(-c2ccc(F)cc2)on1. The highest BCUT2D eigenvalue weighted by Crippen LogP contribution is 2.21. The Morgan fingerprint density at radius 3 is 2.24 bits per heavy atom. The second-order valence-electron chi connectivity index (χ2n) is 6.71. The van der Waals surface area contributed by atoms with E-state index < -0.39 is 0 Å². The minimum Gasteiger partial charge on any atom is -0.356 e. The predicted molar refractivity (Wildman–Crippen MR) is 109 cm³/mol. The van der Waals surface area contributed by atoms with Crippen molar-refractivity contribution in [3.05, 3.63) is 102 Å². The van der Waals surface area contributed by atoms with Gasteiger partial charge in [-0.25, -0.2) is 4.39 Å². The molecule has 0 saturated heterocycles. The van der Waals surface area contributed by atoms with E-state index in [0.29, 0.717) is 11.5 Å². The number of carbonyl (C=O) groups is 1. The van der Waals surface area contributed by atoms with Gasteiger partial charge in [-0.1, -0.05) is 59.8 Å². The fraction of sp³-hybridized carbons (Fsp3) is 0.0833. The van der Waals surface area contributed by atoms with E-state index in [2.05, 4.69) is 22.6 Å². The molecule has 4 aromatic rings. The summed E-state index contributed by atoms with van der Waals surface area (Å²) in [5, 5.41) is 6.80. The average molecular weight is 386 g/mol. The van der Waals surface area contributed by atoms with E-state index in [-0.39, 0.29) is 24.7 Å². The standard InChI is InChI=1S/C24H19FN2O2/c25-21-12-10-20(11-13-21)23-15-22(27-29-23)16-26-24(28)14-17-6-8-19(9-7-17)18-4-2-1-3-5-18/h1-13,15H,14,16H2,(H,26,28). The van der Waals surface area contributed by atoms with Crippen LogP contribution in [0.1, 0.15) is 11.3 Å². The molecule has 0 aliphatic heterocycles. The molecule has 3 aromatic carbocycles. The first-order chi connectivity index (χ1) is 14.2. The quantitative estimate of drug-likeness (QED) is 0.507. The van der Waals surface area contributed by atoms with E-state index in [1.165, 1.54) is 12.1 Å². The normalized spacial score (nSPS) is 10.7. The molecule has 0 fully saturated rings. The van der Waals surface area contributed by atoms with Gasteiger partial charge in [-0.15, -0.1) is 0 Å². The van der Waals surface area contributed by atoms with Crippen LogP contribution in [-0.2, 0) is 17.8 Å². The van der Waals surface area contributed by atoms with Crippen LogP contribution in [0.2, 0.25) is 0 Å². The predicted octanol–water partition coefficient (Wildman–Crippen LogP) is 5.01. The molecule has 4 nitrogen and oxygen atoms in total. The van der Waals surface area contributed by atoms with E-state index in [1.54, 1.807) is 18.2 Å². The first kappa shape index (κ1) is 18.6. The van der Waals surface area contributed by atoms with Gasteiger partial charge in [-0.2, -0.15) is 0 Å². The van der Waals surface area contributed by atoms with Crippen molar-refractivity contribution in [2.45, 2.75) is 13.0 Å². The van der Waals surface area contributed by atoms with Crippen LogP contribution in [0.25, 0.3) is 22.5 Å². The van der Waals surface area contributed by atoms with Crippen molar-refractivity contribution in [3.8, 4) is 22.5 Å². The molecule has 0 bridgehead atoms. The van der Waals surface area contributed by atoms with Gasteiger partial charge >= 0.3 is 0 Å². The Morgan fingerprint density at radius 1 is 0.862 bits per heavy atom. The molecule has 0 atom stereocenters. The molecule has 1 N–H and O–H groups in total. The minimum absolute atomic E-state index is 0.0937. The van der Waals surface area contributed by atoms with Crippen molar-refractivity contribution in [3.63, 3.8) is 0 Å². The number of nitrogens with one attached hydrogen (secondary N) is 1. The largest absolute Gasteiger partial charge is 0.356 e. The number of rotatable bonds is 6. The zero-order valence-corrected chi connectivity index (χ0v) is 15.6. The molecule has 0 aliphatic rings. The van der Waals surface area contributed by atoms with Gasteiger partial charge in [0, 0.05) is 11.6 Å². The van der Waals surface area contributed by atoms with Crippen LogP contribution in [0.15, 0.2) is 89.5 Å². The fourth-order valence-electron chi connectivity index (χ4n) is 3.03. The van der Waals surface area contributed by atoms with Gasteiger partial charge in [0.25, 0.3) is 0 Å². The molecule has 1 aromatic heterocycles. The molecule has 29 heavy (non-hydrogen) atoms. The Hall–Kier alpha value is -3.73. The average Bonchev–Trinajstić information content (AvgIpc) is 3.23. The van der Waals surface area contributed by atoms with Crippen molar-refractivity contribution in [2.24, 2.45) is 0 Å². The lowest BCUT2D eigenvalue weighted by Gasteiger charge is -2.05. The van der Waals surface area contributed by atoms with Gasteiger partial charge in [-0.3, -0.25) is 4.79 Å². The Balaban J connectivity index is 1.32. The Bertz CT molecular complexity index is 1090. The molecule has 1 heterocycles. The number of aromatic nitrogens is 1. The lowest BCUT2D eigenvalue weighted by atomic mass is 10.0. The van der Waals surface area contributed by atoms with Crippen molar-refractivity contribution < 1.29 is 13.7 Å². The zero-order chi connectivity index (χ0) is 20.1. The molecule has 0 spiro atoms. The van der Waals surface area contributed by atoms with Crippen LogP contribution >= 0.6 is 0 Å². The Kier molecular flexibility index (Phi) is 5.47. The third-order valence-corrected chi connectivity index (χ3v) is 4.58. The van der Waals surface area contributed by atoms with Crippen LogP contribution in [0.5, 0.6) is 0 Å². The van der Waals surface area contributed by atoms with E-state index >= 15 is 0 Å².